The predicted octanol–water partition coefficient (Wildman–Crippen LogP) is 11.7. The van der Waals surface area contributed by atoms with Crippen molar-refractivity contribution in [1.82, 2.24) is 9.97 Å². The van der Waals surface area contributed by atoms with Crippen molar-refractivity contribution in [2.75, 3.05) is 0 Å². The van der Waals surface area contributed by atoms with Crippen molar-refractivity contribution in [2.45, 2.75) is 5.41 Å². The van der Waals surface area contributed by atoms with Crippen LogP contribution in [0.25, 0.3) is 67.0 Å². The van der Waals surface area contributed by atoms with Crippen LogP contribution in [0.5, 0.6) is 0 Å². The number of furan rings is 1. The van der Waals surface area contributed by atoms with Gasteiger partial charge < -0.3 is 4.42 Å². The fourth-order valence-electron chi connectivity index (χ4n) is 8.00. The first-order valence-electron chi connectivity index (χ1n) is 17.0. The fourth-order valence-corrected chi connectivity index (χ4v) is 8.00. The van der Waals surface area contributed by atoms with E-state index in [1.165, 1.54) is 33.4 Å². The van der Waals surface area contributed by atoms with E-state index in [9.17, 15) is 0 Å². The number of nitrogens with zero attached hydrogens (tertiary/aromatic N) is 2. The lowest BCUT2D eigenvalue weighted by molar-refractivity contribution is 0.670. The molecule has 0 spiro atoms. The lowest BCUT2D eigenvalue weighted by Gasteiger charge is -2.34. The van der Waals surface area contributed by atoms with Crippen LogP contribution in [0.15, 0.2) is 186 Å². The summed E-state index contributed by atoms with van der Waals surface area (Å²) in [6.07, 6.45) is 0. The van der Waals surface area contributed by atoms with E-state index in [-0.39, 0.29) is 0 Å². The van der Waals surface area contributed by atoms with Gasteiger partial charge in [-0.2, -0.15) is 0 Å². The standard InChI is InChI=1S/C47H30N2O/c1-3-14-32(15-4-1)46-48-42(30-43(49-46)39-22-13-21-38-37-20-9-12-25-44(37)50-45(38)39)31-26-28-34(29-27-31)47(33-16-5-2-6-17-33)40-23-10-7-18-35(40)36-19-8-11-24-41(36)47/h1-30H. The van der Waals surface area contributed by atoms with Crippen LogP contribution in [0.4, 0.5) is 0 Å². The van der Waals surface area contributed by atoms with Gasteiger partial charge in [-0.05, 0) is 51.6 Å². The smallest absolute Gasteiger partial charge is 0.160 e. The molecule has 0 atom stereocenters. The lowest BCUT2D eigenvalue weighted by atomic mass is 9.67. The zero-order valence-corrected chi connectivity index (χ0v) is 27.1. The molecule has 10 rings (SSSR count). The van der Waals surface area contributed by atoms with Crippen molar-refractivity contribution >= 4 is 21.9 Å². The van der Waals surface area contributed by atoms with E-state index in [2.05, 4.69) is 152 Å². The number of benzene rings is 7. The normalized spacial score (nSPS) is 13.0. The first-order valence-corrected chi connectivity index (χ1v) is 17.0. The molecule has 1 aliphatic carbocycles. The topological polar surface area (TPSA) is 38.9 Å². The number of hydrogen-bond acceptors (Lipinski definition) is 3. The molecule has 0 amide bonds. The van der Waals surface area contributed by atoms with Crippen molar-refractivity contribution in [3.05, 3.63) is 204 Å². The molecule has 2 aromatic heterocycles. The summed E-state index contributed by atoms with van der Waals surface area (Å²) in [6.45, 7) is 0. The van der Waals surface area contributed by atoms with E-state index in [0.717, 1.165) is 50.0 Å². The minimum atomic E-state index is -0.448. The molecule has 2 heterocycles. The lowest BCUT2D eigenvalue weighted by Crippen LogP contribution is -2.28. The molecule has 0 bridgehead atoms. The number of para-hydroxylation sites is 2. The van der Waals surface area contributed by atoms with Gasteiger partial charge in [0.05, 0.1) is 16.8 Å². The van der Waals surface area contributed by atoms with Gasteiger partial charge in [0.1, 0.15) is 11.2 Å². The van der Waals surface area contributed by atoms with Gasteiger partial charge in [0.15, 0.2) is 5.82 Å². The van der Waals surface area contributed by atoms with Gasteiger partial charge in [-0.25, -0.2) is 9.97 Å². The molecule has 7 aromatic carbocycles. The second kappa shape index (κ2) is 11.3. The third-order valence-corrected chi connectivity index (χ3v) is 10.2. The zero-order chi connectivity index (χ0) is 33.1. The Labute approximate surface area is 290 Å². The van der Waals surface area contributed by atoms with Gasteiger partial charge in [0, 0.05) is 27.5 Å². The number of aromatic nitrogens is 2. The zero-order valence-electron chi connectivity index (χ0n) is 27.1. The molecule has 234 valence electrons. The fraction of sp³-hybridized carbons (Fsp3) is 0.0213. The average Bonchev–Trinajstić information content (AvgIpc) is 3.73. The van der Waals surface area contributed by atoms with Crippen LogP contribution < -0.4 is 0 Å². The Morgan fingerprint density at radius 1 is 0.400 bits per heavy atom. The first-order chi connectivity index (χ1) is 24.8. The molecule has 9 aromatic rings. The summed E-state index contributed by atoms with van der Waals surface area (Å²) in [5, 5.41) is 2.17. The van der Waals surface area contributed by atoms with E-state index in [0.29, 0.717) is 5.82 Å². The summed E-state index contributed by atoms with van der Waals surface area (Å²) in [6, 6.07) is 64.3. The Morgan fingerprint density at radius 3 is 1.70 bits per heavy atom. The van der Waals surface area contributed by atoms with Crippen LogP contribution in [0.3, 0.4) is 0 Å². The SMILES string of the molecule is c1ccc(-c2nc(-c3ccc(C4(c5ccccc5)c5ccccc5-c5ccccc54)cc3)cc(-c3cccc4c3oc3ccccc34)n2)cc1. The average molecular weight is 639 g/mol. The van der Waals surface area contributed by atoms with Crippen molar-refractivity contribution in [1.29, 1.82) is 0 Å². The third kappa shape index (κ3) is 4.23. The summed E-state index contributed by atoms with van der Waals surface area (Å²) < 4.78 is 6.45. The van der Waals surface area contributed by atoms with Gasteiger partial charge in [0.25, 0.3) is 0 Å². The van der Waals surface area contributed by atoms with E-state index >= 15 is 0 Å². The monoisotopic (exact) mass is 638 g/mol. The summed E-state index contributed by atoms with van der Waals surface area (Å²) in [4.78, 5) is 10.3. The minimum absolute atomic E-state index is 0.448. The van der Waals surface area contributed by atoms with Crippen LogP contribution in [0, 0.1) is 0 Å². The number of hydrogen-bond donors (Lipinski definition) is 0. The Kier molecular flexibility index (Phi) is 6.40. The van der Waals surface area contributed by atoms with Crippen molar-refractivity contribution < 1.29 is 4.42 Å². The van der Waals surface area contributed by atoms with Crippen LogP contribution in [-0.4, -0.2) is 9.97 Å². The van der Waals surface area contributed by atoms with E-state index < -0.39 is 5.41 Å². The van der Waals surface area contributed by atoms with E-state index in [1.807, 2.05) is 30.3 Å². The highest BCUT2D eigenvalue weighted by atomic mass is 16.3. The Balaban J connectivity index is 1.17. The van der Waals surface area contributed by atoms with Crippen molar-refractivity contribution in [3.8, 4) is 45.0 Å². The Morgan fingerprint density at radius 2 is 0.960 bits per heavy atom. The molecular weight excluding hydrogens is 609 g/mol. The second-order valence-corrected chi connectivity index (χ2v) is 12.9. The molecule has 0 saturated heterocycles. The molecule has 0 N–H and O–H groups in total. The summed E-state index contributed by atoms with van der Waals surface area (Å²) >= 11 is 0. The van der Waals surface area contributed by atoms with Crippen LogP contribution in [0.2, 0.25) is 0 Å². The van der Waals surface area contributed by atoms with Gasteiger partial charge in [0.2, 0.25) is 0 Å². The van der Waals surface area contributed by atoms with E-state index in [1.54, 1.807) is 0 Å². The Hall–Kier alpha value is -6.58. The van der Waals surface area contributed by atoms with Gasteiger partial charge in [-0.15, -0.1) is 0 Å². The molecule has 0 saturated carbocycles. The molecule has 0 unspecified atom stereocenters. The quantitative estimate of drug-likeness (QED) is 0.188. The molecule has 0 radical (unpaired) electrons. The van der Waals surface area contributed by atoms with Crippen molar-refractivity contribution in [3.63, 3.8) is 0 Å². The largest absolute Gasteiger partial charge is 0.455 e. The molecule has 3 nitrogen and oxygen atoms in total. The molecule has 3 heteroatoms. The highest BCUT2D eigenvalue weighted by molar-refractivity contribution is 6.09. The highest BCUT2D eigenvalue weighted by Crippen LogP contribution is 2.56. The summed E-state index contributed by atoms with van der Waals surface area (Å²) in [5.74, 6) is 0.676. The maximum Gasteiger partial charge on any atom is 0.160 e. The third-order valence-electron chi connectivity index (χ3n) is 10.2. The van der Waals surface area contributed by atoms with Crippen molar-refractivity contribution in [2.24, 2.45) is 0 Å². The van der Waals surface area contributed by atoms with Crippen LogP contribution >= 0.6 is 0 Å². The minimum Gasteiger partial charge on any atom is -0.455 e. The summed E-state index contributed by atoms with van der Waals surface area (Å²) in [5.41, 5.74) is 13.5. The van der Waals surface area contributed by atoms with Gasteiger partial charge >= 0.3 is 0 Å². The number of fused-ring (bicyclic) bond motifs is 6. The van der Waals surface area contributed by atoms with Crippen LogP contribution in [-0.2, 0) is 5.41 Å². The first kappa shape index (κ1) is 28.4. The Bertz CT molecular complexity index is 2650. The van der Waals surface area contributed by atoms with Crippen LogP contribution in [0.1, 0.15) is 22.3 Å². The molecule has 0 aliphatic heterocycles. The maximum atomic E-state index is 6.45. The second-order valence-electron chi connectivity index (χ2n) is 12.9. The molecule has 50 heavy (non-hydrogen) atoms. The summed E-state index contributed by atoms with van der Waals surface area (Å²) in [7, 11) is 0. The highest BCUT2D eigenvalue weighted by Gasteiger charge is 2.45. The van der Waals surface area contributed by atoms with Gasteiger partial charge in [-0.1, -0.05) is 164 Å². The molecule has 0 fully saturated rings. The van der Waals surface area contributed by atoms with Gasteiger partial charge in [-0.3, -0.25) is 0 Å². The number of rotatable bonds is 5. The predicted molar refractivity (Wildman–Crippen MR) is 203 cm³/mol. The maximum absolute atomic E-state index is 6.45. The molecular formula is C47H30N2O. The van der Waals surface area contributed by atoms with E-state index in [4.69, 9.17) is 14.4 Å². The molecule has 1 aliphatic rings.